The highest BCUT2D eigenvalue weighted by Gasteiger charge is 2.23. The van der Waals surface area contributed by atoms with Crippen LogP contribution in [0, 0.1) is 22.7 Å². The van der Waals surface area contributed by atoms with Gasteiger partial charge in [-0.3, -0.25) is 9.78 Å². The quantitative estimate of drug-likeness (QED) is 0.883. The summed E-state index contributed by atoms with van der Waals surface area (Å²) in [6.07, 6.45) is 1.79. The molecule has 102 valence electrons. The number of hydrogen-bond acceptors (Lipinski definition) is 3. The fraction of sp³-hybridized carbons (Fsp3) is 0.533. The van der Waals surface area contributed by atoms with Gasteiger partial charge in [-0.1, -0.05) is 27.7 Å². The Hall–Kier alpha value is -1.89. The zero-order chi connectivity index (χ0) is 14.5. The average Bonchev–Trinajstić information content (AvgIpc) is 2.36. The second-order valence-corrected chi connectivity index (χ2v) is 5.70. The van der Waals surface area contributed by atoms with Gasteiger partial charge in [0.2, 0.25) is 0 Å². The second-order valence-electron chi connectivity index (χ2n) is 5.70. The van der Waals surface area contributed by atoms with E-state index in [9.17, 15) is 4.79 Å². The highest BCUT2D eigenvalue weighted by Crippen LogP contribution is 2.24. The molecule has 0 aromatic carbocycles. The third-order valence-corrected chi connectivity index (χ3v) is 3.61. The summed E-state index contributed by atoms with van der Waals surface area (Å²) in [6.45, 7) is 9.17. The van der Waals surface area contributed by atoms with Crippen LogP contribution in [-0.2, 0) is 6.42 Å². The monoisotopic (exact) mass is 259 g/mol. The standard InChI is InChI=1S/C15H21N3O/c1-11(2)15(3,4)10-18-14(19)12-6-8-17-13(9-12)5-7-16/h6,8-9,11H,5,10H2,1-4H3,(H,18,19). The van der Waals surface area contributed by atoms with Crippen LogP contribution in [0.3, 0.4) is 0 Å². The first-order valence-corrected chi connectivity index (χ1v) is 6.47. The van der Waals surface area contributed by atoms with Crippen molar-refractivity contribution in [2.75, 3.05) is 6.54 Å². The molecule has 0 bridgehead atoms. The Morgan fingerprint density at radius 3 is 2.79 bits per heavy atom. The Bertz CT molecular complexity index is 486. The van der Waals surface area contributed by atoms with E-state index in [0.29, 0.717) is 23.7 Å². The van der Waals surface area contributed by atoms with Crippen molar-refractivity contribution in [3.8, 4) is 6.07 Å². The Balaban J connectivity index is 2.69. The predicted octanol–water partition coefficient (Wildman–Crippen LogP) is 2.56. The molecule has 1 aromatic rings. The lowest BCUT2D eigenvalue weighted by atomic mass is 9.81. The molecule has 4 heteroatoms. The minimum Gasteiger partial charge on any atom is -0.351 e. The van der Waals surface area contributed by atoms with E-state index in [1.807, 2.05) is 6.07 Å². The fourth-order valence-electron chi connectivity index (χ4n) is 1.41. The van der Waals surface area contributed by atoms with E-state index in [2.05, 4.69) is 38.0 Å². The molecule has 0 aliphatic carbocycles. The van der Waals surface area contributed by atoms with Crippen LogP contribution in [0.4, 0.5) is 0 Å². The number of carbonyl (C=O) groups excluding carboxylic acids is 1. The molecule has 0 radical (unpaired) electrons. The maximum Gasteiger partial charge on any atom is 0.251 e. The molecule has 0 unspecified atom stereocenters. The van der Waals surface area contributed by atoms with Crippen molar-refractivity contribution < 1.29 is 4.79 Å². The van der Waals surface area contributed by atoms with Crippen molar-refractivity contribution in [1.82, 2.24) is 10.3 Å². The third kappa shape index (κ3) is 4.36. The van der Waals surface area contributed by atoms with Gasteiger partial charge in [-0.2, -0.15) is 5.26 Å². The van der Waals surface area contributed by atoms with E-state index >= 15 is 0 Å². The van der Waals surface area contributed by atoms with Crippen molar-refractivity contribution >= 4 is 5.91 Å². The van der Waals surface area contributed by atoms with Crippen molar-refractivity contribution in [2.45, 2.75) is 34.1 Å². The number of pyridine rings is 1. The molecule has 1 heterocycles. The van der Waals surface area contributed by atoms with E-state index in [-0.39, 0.29) is 17.7 Å². The van der Waals surface area contributed by atoms with Crippen LogP contribution in [0.1, 0.15) is 43.7 Å². The van der Waals surface area contributed by atoms with Crippen LogP contribution in [0.15, 0.2) is 18.3 Å². The van der Waals surface area contributed by atoms with Gasteiger partial charge in [0.1, 0.15) is 0 Å². The normalized spacial score (nSPS) is 11.2. The molecule has 1 aromatic heterocycles. The molecule has 0 fully saturated rings. The van der Waals surface area contributed by atoms with Gasteiger partial charge in [0.15, 0.2) is 0 Å². The Kier molecular flexibility index (Phi) is 5.05. The van der Waals surface area contributed by atoms with E-state index in [1.54, 1.807) is 18.3 Å². The molecule has 0 aliphatic heterocycles. The smallest absolute Gasteiger partial charge is 0.251 e. The van der Waals surface area contributed by atoms with Crippen molar-refractivity contribution in [3.63, 3.8) is 0 Å². The Morgan fingerprint density at radius 1 is 1.53 bits per heavy atom. The number of amides is 1. The predicted molar refractivity (Wildman–Crippen MR) is 74.5 cm³/mol. The van der Waals surface area contributed by atoms with Gasteiger partial charge in [-0.25, -0.2) is 0 Å². The van der Waals surface area contributed by atoms with Crippen molar-refractivity contribution in [2.24, 2.45) is 11.3 Å². The molecule has 4 nitrogen and oxygen atoms in total. The van der Waals surface area contributed by atoms with Crippen LogP contribution in [0.25, 0.3) is 0 Å². The maximum absolute atomic E-state index is 12.0. The lowest BCUT2D eigenvalue weighted by Gasteiger charge is -2.29. The lowest BCUT2D eigenvalue weighted by Crippen LogP contribution is -2.37. The molecule has 0 atom stereocenters. The molecule has 1 N–H and O–H groups in total. The molecule has 1 rings (SSSR count). The maximum atomic E-state index is 12.0. The van der Waals surface area contributed by atoms with Crippen LogP contribution < -0.4 is 5.32 Å². The summed E-state index contributed by atoms with van der Waals surface area (Å²) in [6, 6.07) is 5.36. The molecule has 19 heavy (non-hydrogen) atoms. The molecule has 0 aliphatic rings. The van der Waals surface area contributed by atoms with Crippen LogP contribution in [-0.4, -0.2) is 17.4 Å². The van der Waals surface area contributed by atoms with Gasteiger partial charge in [0.25, 0.3) is 5.91 Å². The summed E-state index contributed by atoms with van der Waals surface area (Å²) in [5.41, 5.74) is 1.23. The van der Waals surface area contributed by atoms with Gasteiger partial charge in [-0.05, 0) is 23.5 Å². The van der Waals surface area contributed by atoms with Crippen LogP contribution in [0.5, 0.6) is 0 Å². The fourth-order valence-corrected chi connectivity index (χ4v) is 1.41. The van der Waals surface area contributed by atoms with Crippen molar-refractivity contribution in [3.05, 3.63) is 29.6 Å². The largest absolute Gasteiger partial charge is 0.351 e. The highest BCUT2D eigenvalue weighted by atomic mass is 16.1. The van der Waals surface area contributed by atoms with E-state index in [4.69, 9.17) is 5.26 Å². The first-order chi connectivity index (χ1) is 8.86. The van der Waals surface area contributed by atoms with Gasteiger partial charge in [0.05, 0.1) is 18.2 Å². The van der Waals surface area contributed by atoms with Gasteiger partial charge in [0, 0.05) is 18.3 Å². The second kappa shape index (κ2) is 6.33. The van der Waals surface area contributed by atoms with Crippen molar-refractivity contribution in [1.29, 1.82) is 5.26 Å². The average molecular weight is 259 g/mol. The first kappa shape index (κ1) is 15.2. The third-order valence-electron chi connectivity index (χ3n) is 3.61. The first-order valence-electron chi connectivity index (χ1n) is 6.47. The highest BCUT2D eigenvalue weighted by molar-refractivity contribution is 5.94. The lowest BCUT2D eigenvalue weighted by molar-refractivity contribution is 0.0924. The van der Waals surface area contributed by atoms with Gasteiger partial charge < -0.3 is 5.32 Å². The van der Waals surface area contributed by atoms with E-state index in [1.165, 1.54) is 0 Å². The summed E-state index contributed by atoms with van der Waals surface area (Å²) < 4.78 is 0. The van der Waals surface area contributed by atoms with Gasteiger partial charge in [-0.15, -0.1) is 0 Å². The number of nitrogens with zero attached hydrogens (tertiary/aromatic N) is 2. The summed E-state index contributed by atoms with van der Waals surface area (Å²) in [7, 11) is 0. The summed E-state index contributed by atoms with van der Waals surface area (Å²) in [5, 5.41) is 11.6. The number of nitrogens with one attached hydrogen (secondary N) is 1. The minimum atomic E-state index is -0.115. The van der Waals surface area contributed by atoms with E-state index in [0.717, 1.165) is 0 Å². The summed E-state index contributed by atoms with van der Waals surface area (Å²) in [4.78, 5) is 16.1. The Morgan fingerprint density at radius 2 is 2.21 bits per heavy atom. The summed E-state index contributed by atoms with van der Waals surface area (Å²) in [5.74, 6) is 0.370. The zero-order valence-electron chi connectivity index (χ0n) is 12.0. The molecule has 0 spiro atoms. The minimum absolute atomic E-state index is 0.0537. The zero-order valence-corrected chi connectivity index (χ0v) is 12.0. The SMILES string of the molecule is CC(C)C(C)(C)CNC(=O)c1ccnc(CC#N)c1. The number of rotatable bonds is 5. The molecule has 1 amide bonds. The van der Waals surface area contributed by atoms with Crippen LogP contribution >= 0.6 is 0 Å². The topological polar surface area (TPSA) is 65.8 Å². The molecular weight excluding hydrogens is 238 g/mol. The van der Waals surface area contributed by atoms with Crippen LogP contribution in [0.2, 0.25) is 0 Å². The molecular formula is C15H21N3O. The molecule has 0 saturated carbocycles. The van der Waals surface area contributed by atoms with E-state index < -0.39 is 0 Å². The number of nitriles is 1. The molecule has 0 saturated heterocycles. The summed E-state index contributed by atoms with van der Waals surface area (Å²) >= 11 is 0. The van der Waals surface area contributed by atoms with Gasteiger partial charge >= 0.3 is 0 Å². The Labute approximate surface area is 114 Å². The number of carbonyl (C=O) groups is 1. The number of hydrogen-bond donors (Lipinski definition) is 1. The number of aromatic nitrogens is 1.